The molecule has 0 aromatic heterocycles. The summed E-state index contributed by atoms with van der Waals surface area (Å²) in [6.45, 7) is -0.167. The van der Waals surface area contributed by atoms with Gasteiger partial charge in [0.2, 0.25) is 10.0 Å². The van der Waals surface area contributed by atoms with Gasteiger partial charge < -0.3 is 14.8 Å². The largest absolute Gasteiger partial charge is 0.495 e. The van der Waals surface area contributed by atoms with Crippen LogP contribution in [0.4, 0.5) is 0 Å². The standard InChI is InChI=1S/C32H31BrN2O6S/c1-40-29-18-17-26(33)21-30(29)42(38,39)35-28(20-24-13-7-3-8-14-24)32(37)41-22-27(19-23-11-5-2-6-12-23)34-31(36)25-15-9-4-10-16-25/h2-18,21,27-28,35H,19-20,22H2,1H3,(H,34,36)/t27-,28-/m1/s1. The van der Waals surface area contributed by atoms with Crippen molar-refractivity contribution in [2.45, 2.75) is 29.8 Å². The van der Waals surface area contributed by atoms with Gasteiger partial charge in [0.05, 0.1) is 13.2 Å². The number of benzene rings is 4. The summed E-state index contributed by atoms with van der Waals surface area (Å²) < 4.78 is 40.9. The molecule has 4 aromatic rings. The number of hydrogen-bond donors (Lipinski definition) is 2. The quantitative estimate of drug-likeness (QED) is 0.199. The summed E-state index contributed by atoms with van der Waals surface area (Å²) in [6.07, 6.45) is 0.450. The van der Waals surface area contributed by atoms with E-state index >= 15 is 0 Å². The number of rotatable bonds is 13. The summed E-state index contributed by atoms with van der Waals surface area (Å²) in [6, 6.07) is 30.0. The van der Waals surface area contributed by atoms with E-state index in [0.717, 1.165) is 11.1 Å². The van der Waals surface area contributed by atoms with Crippen molar-refractivity contribution < 1.29 is 27.5 Å². The minimum Gasteiger partial charge on any atom is -0.495 e. The Labute approximate surface area is 254 Å². The van der Waals surface area contributed by atoms with E-state index in [0.29, 0.717) is 16.5 Å². The van der Waals surface area contributed by atoms with Gasteiger partial charge in [-0.25, -0.2) is 8.42 Å². The van der Waals surface area contributed by atoms with E-state index in [1.165, 1.54) is 19.2 Å². The number of esters is 1. The molecule has 8 nitrogen and oxygen atoms in total. The van der Waals surface area contributed by atoms with Crippen molar-refractivity contribution >= 4 is 37.8 Å². The SMILES string of the molecule is COc1ccc(Br)cc1S(=O)(=O)N[C@H](Cc1ccccc1)C(=O)OC[C@@H](Cc1ccccc1)NC(=O)c1ccccc1. The highest BCUT2D eigenvalue weighted by atomic mass is 79.9. The molecule has 10 heteroatoms. The van der Waals surface area contributed by atoms with Crippen LogP contribution in [0.5, 0.6) is 5.75 Å². The van der Waals surface area contributed by atoms with Gasteiger partial charge in [0.15, 0.2) is 0 Å². The predicted octanol–water partition coefficient (Wildman–Crippen LogP) is 4.93. The van der Waals surface area contributed by atoms with Crippen LogP contribution in [0.2, 0.25) is 0 Å². The van der Waals surface area contributed by atoms with Crippen LogP contribution in [-0.4, -0.2) is 46.1 Å². The van der Waals surface area contributed by atoms with Crippen molar-refractivity contribution in [3.05, 3.63) is 130 Å². The molecule has 42 heavy (non-hydrogen) atoms. The average molecular weight is 652 g/mol. The summed E-state index contributed by atoms with van der Waals surface area (Å²) in [4.78, 5) is 26.3. The highest BCUT2D eigenvalue weighted by molar-refractivity contribution is 9.10. The number of hydrogen-bond acceptors (Lipinski definition) is 6. The third kappa shape index (κ3) is 8.75. The van der Waals surface area contributed by atoms with Crippen LogP contribution in [0.15, 0.2) is 119 Å². The lowest BCUT2D eigenvalue weighted by Crippen LogP contribution is -2.46. The molecule has 0 radical (unpaired) electrons. The lowest BCUT2D eigenvalue weighted by atomic mass is 10.1. The van der Waals surface area contributed by atoms with Gasteiger partial charge in [-0.1, -0.05) is 94.8 Å². The third-order valence-corrected chi connectivity index (χ3v) is 8.39. The first kappa shape index (κ1) is 31.0. The van der Waals surface area contributed by atoms with Crippen LogP contribution < -0.4 is 14.8 Å². The second-order valence-corrected chi connectivity index (χ2v) is 12.1. The zero-order chi connectivity index (χ0) is 30.0. The van der Waals surface area contributed by atoms with Crippen molar-refractivity contribution in [3.8, 4) is 5.75 Å². The average Bonchev–Trinajstić information content (AvgIpc) is 3.00. The normalized spacial score (nSPS) is 12.6. The highest BCUT2D eigenvalue weighted by Crippen LogP contribution is 2.27. The van der Waals surface area contributed by atoms with Crippen LogP contribution in [0.3, 0.4) is 0 Å². The molecule has 4 rings (SSSR count). The van der Waals surface area contributed by atoms with E-state index < -0.39 is 28.1 Å². The van der Waals surface area contributed by atoms with Crippen LogP contribution in [0.25, 0.3) is 0 Å². The molecule has 0 fully saturated rings. The fourth-order valence-corrected chi connectivity index (χ4v) is 6.22. The maximum atomic E-state index is 13.5. The van der Waals surface area contributed by atoms with Gasteiger partial charge in [-0.15, -0.1) is 0 Å². The summed E-state index contributed by atoms with van der Waals surface area (Å²) in [5.74, 6) is -0.955. The molecule has 2 N–H and O–H groups in total. The maximum absolute atomic E-state index is 13.5. The minimum atomic E-state index is -4.21. The molecule has 0 saturated heterocycles. The second kappa shape index (κ2) is 14.8. The van der Waals surface area contributed by atoms with E-state index in [2.05, 4.69) is 26.0 Å². The molecular formula is C32H31BrN2O6S. The zero-order valence-electron chi connectivity index (χ0n) is 22.9. The molecule has 0 aliphatic rings. The second-order valence-electron chi connectivity index (χ2n) is 9.51. The van der Waals surface area contributed by atoms with Crippen molar-refractivity contribution in [1.29, 1.82) is 0 Å². The van der Waals surface area contributed by atoms with Crippen LogP contribution in [0.1, 0.15) is 21.5 Å². The Morgan fingerprint density at radius 1 is 0.810 bits per heavy atom. The topological polar surface area (TPSA) is 111 Å². The molecule has 0 aliphatic carbocycles. The molecule has 0 saturated carbocycles. The van der Waals surface area contributed by atoms with Gasteiger partial charge in [0, 0.05) is 10.0 Å². The number of ether oxygens (including phenoxy) is 2. The Kier molecular flexibility index (Phi) is 10.9. The lowest BCUT2D eigenvalue weighted by molar-refractivity contribution is -0.146. The van der Waals surface area contributed by atoms with Crippen molar-refractivity contribution in [2.24, 2.45) is 0 Å². The van der Waals surface area contributed by atoms with E-state index in [4.69, 9.17) is 9.47 Å². The molecular weight excluding hydrogens is 620 g/mol. The molecule has 0 bridgehead atoms. The Morgan fingerprint density at radius 3 is 1.98 bits per heavy atom. The predicted molar refractivity (Wildman–Crippen MR) is 164 cm³/mol. The highest BCUT2D eigenvalue weighted by Gasteiger charge is 2.30. The summed E-state index contributed by atoms with van der Waals surface area (Å²) >= 11 is 3.30. The van der Waals surface area contributed by atoms with Crippen molar-refractivity contribution in [3.63, 3.8) is 0 Å². The van der Waals surface area contributed by atoms with Gasteiger partial charge in [0.25, 0.3) is 5.91 Å². The van der Waals surface area contributed by atoms with Crippen molar-refractivity contribution in [1.82, 2.24) is 10.0 Å². The van der Waals surface area contributed by atoms with Crippen LogP contribution >= 0.6 is 15.9 Å². The Morgan fingerprint density at radius 2 is 1.38 bits per heavy atom. The maximum Gasteiger partial charge on any atom is 0.324 e. The fraction of sp³-hybridized carbons (Fsp3) is 0.188. The summed E-state index contributed by atoms with van der Waals surface area (Å²) in [5, 5.41) is 2.94. The van der Waals surface area contributed by atoms with E-state index in [9.17, 15) is 18.0 Å². The number of methoxy groups -OCH3 is 1. The van der Waals surface area contributed by atoms with Gasteiger partial charge in [-0.05, 0) is 54.3 Å². The molecule has 1 amide bonds. The van der Waals surface area contributed by atoms with E-state index in [1.54, 1.807) is 54.6 Å². The Balaban J connectivity index is 1.55. The minimum absolute atomic E-state index is 0.0505. The van der Waals surface area contributed by atoms with Gasteiger partial charge in [-0.3, -0.25) is 9.59 Å². The molecule has 4 aromatic carbocycles. The molecule has 0 aliphatic heterocycles. The third-order valence-electron chi connectivity index (χ3n) is 6.40. The Bertz CT molecular complexity index is 1590. The number of nitrogens with one attached hydrogen (secondary N) is 2. The van der Waals surface area contributed by atoms with Gasteiger partial charge >= 0.3 is 5.97 Å². The zero-order valence-corrected chi connectivity index (χ0v) is 25.3. The summed E-state index contributed by atoms with van der Waals surface area (Å²) in [5.41, 5.74) is 2.15. The van der Waals surface area contributed by atoms with Crippen LogP contribution in [0, 0.1) is 0 Å². The molecule has 0 unspecified atom stereocenters. The van der Waals surface area contributed by atoms with Gasteiger partial charge in [-0.2, -0.15) is 4.72 Å². The first-order valence-corrected chi connectivity index (χ1v) is 15.5. The molecule has 2 atom stereocenters. The number of amides is 1. The number of carbonyl (C=O) groups excluding carboxylic acids is 2. The first-order chi connectivity index (χ1) is 20.2. The first-order valence-electron chi connectivity index (χ1n) is 13.2. The summed E-state index contributed by atoms with van der Waals surface area (Å²) in [7, 11) is -2.84. The van der Waals surface area contributed by atoms with Crippen molar-refractivity contribution in [2.75, 3.05) is 13.7 Å². The number of sulfonamides is 1. The number of halogens is 1. The van der Waals surface area contributed by atoms with Gasteiger partial charge in [0.1, 0.15) is 23.3 Å². The smallest absolute Gasteiger partial charge is 0.324 e. The fourth-order valence-electron chi connectivity index (χ4n) is 4.33. The lowest BCUT2D eigenvalue weighted by Gasteiger charge is -2.22. The monoisotopic (exact) mass is 650 g/mol. The van der Waals surface area contributed by atoms with Crippen LogP contribution in [-0.2, 0) is 32.4 Å². The number of carbonyl (C=O) groups is 2. The molecule has 0 spiro atoms. The van der Waals surface area contributed by atoms with E-state index in [-0.39, 0.29) is 29.6 Å². The molecule has 0 heterocycles. The van der Waals surface area contributed by atoms with E-state index in [1.807, 2.05) is 42.5 Å². The Hall–Kier alpha value is -3.99. The molecule has 218 valence electrons.